The van der Waals surface area contributed by atoms with Crippen molar-refractivity contribution in [2.45, 2.75) is 19.9 Å². The number of nitrogens with zero attached hydrogens (tertiary/aromatic N) is 1. The summed E-state index contributed by atoms with van der Waals surface area (Å²) in [4.78, 5) is 11.8. The highest BCUT2D eigenvalue weighted by Crippen LogP contribution is 2.25. The molecular weight excluding hydrogens is 283 g/mol. The second-order valence-corrected chi connectivity index (χ2v) is 5.31. The Balaban J connectivity index is 2.64. The second-order valence-electron chi connectivity index (χ2n) is 4.49. The normalized spacial score (nSPS) is 12.5. The Morgan fingerprint density at radius 2 is 1.89 bits per heavy atom. The predicted molar refractivity (Wildman–Crippen MR) is 79.4 cm³/mol. The SMILES string of the molecule is Cc1cc(=O)c(C(C)N)cn1-c1ccc(Cl)c(Cl)c1. The van der Waals surface area contributed by atoms with Gasteiger partial charge < -0.3 is 10.3 Å². The molecule has 0 amide bonds. The standard InChI is InChI=1S/C14H14Cl2N2O/c1-8-5-14(19)11(9(2)17)7-18(8)10-3-4-12(15)13(16)6-10/h3-7,9H,17H2,1-2H3. The molecule has 1 heterocycles. The molecule has 2 aromatic rings. The fourth-order valence-electron chi connectivity index (χ4n) is 1.90. The minimum atomic E-state index is -0.317. The number of aromatic nitrogens is 1. The third kappa shape index (κ3) is 2.84. The molecule has 0 aliphatic rings. The molecule has 0 saturated heterocycles. The Morgan fingerprint density at radius 1 is 1.21 bits per heavy atom. The van der Waals surface area contributed by atoms with Crippen molar-refractivity contribution in [2.75, 3.05) is 0 Å². The Kier molecular flexibility index (Phi) is 3.99. The number of pyridine rings is 1. The molecule has 1 aromatic heterocycles. The van der Waals surface area contributed by atoms with Crippen LogP contribution in [0, 0.1) is 6.92 Å². The summed E-state index contributed by atoms with van der Waals surface area (Å²) in [5.41, 5.74) is 7.97. The summed E-state index contributed by atoms with van der Waals surface area (Å²) in [6.07, 6.45) is 1.75. The van der Waals surface area contributed by atoms with Crippen molar-refractivity contribution in [3.05, 3.63) is 62.0 Å². The van der Waals surface area contributed by atoms with Crippen LogP contribution < -0.4 is 11.2 Å². The first-order valence-corrected chi connectivity index (χ1v) is 6.60. The number of hydrogen-bond acceptors (Lipinski definition) is 2. The number of nitrogens with two attached hydrogens (primary N) is 1. The third-order valence-corrected chi connectivity index (χ3v) is 3.68. The van der Waals surface area contributed by atoms with Gasteiger partial charge in [-0.3, -0.25) is 4.79 Å². The highest BCUT2D eigenvalue weighted by atomic mass is 35.5. The smallest absolute Gasteiger partial charge is 0.186 e. The zero-order valence-corrected chi connectivity index (χ0v) is 12.2. The molecule has 3 nitrogen and oxygen atoms in total. The van der Waals surface area contributed by atoms with Gasteiger partial charge >= 0.3 is 0 Å². The van der Waals surface area contributed by atoms with Gasteiger partial charge in [-0.05, 0) is 32.0 Å². The topological polar surface area (TPSA) is 48.0 Å². The average molecular weight is 297 g/mol. The van der Waals surface area contributed by atoms with Crippen LogP contribution in [0.5, 0.6) is 0 Å². The van der Waals surface area contributed by atoms with Crippen LogP contribution in [-0.2, 0) is 0 Å². The van der Waals surface area contributed by atoms with Crippen molar-refractivity contribution in [1.82, 2.24) is 4.57 Å². The number of hydrogen-bond donors (Lipinski definition) is 1. The van der Waals surface area contributed by atoms with E-state index in [-0.39, 0.29) is 11.5 Å². The van der Waals surface area contributed by atoms with Crippen LogP contribution in [0.3, 0.4) is 0 Å². The zero-order valence-electron chi connectivity index (χ0n) is 10.7. The minimum absolute atomic E-state index is 0.0520. The van der Waals surface area contributed by atoms with Gasteiger partial charge in [-0.15, -0.1) is 0 Å². The molecule has 2 N–H and O–H groups in total. The van der Waals surface area contributed by atoms with Gasteiger partial charge in [0.25, 0.3) is 0 Å². The highest BCUT2D eigenvalue weighted by molar-refractivity contribution is 6.42. The van der Waals surface area contributed by atoms with Crippen LogP contribution in [0.1, 0.15) is 24.2 Å². The number of aryl methyl sites for hydroxylation is 1. The van der Waals surface area contributed by atoms with Crippen molar-refractivity contribution >= 4 is 23.2 Å². The van der Waals surface area contributed by atoms with Crippen molar-refractivity contribution < 1.29 is 0 Å². The lowest BCUT2D eigenvalue weighted by atomic mass is 10.1. The third-order valence-electron chi connectivity index (χ3n) is 2.94. The molecule has 2 rings (SSSR count). The summed E-state index contributed by atoms with van der Waals surface area (Å²) in [5.74, 6) is 0. The second kappa shape index (κ2) is 5.37. The molecule has 1 aromatic carbocycles. The summed E-state index contributed by atoms with van der Waals surface area (Å²) < 4.78 is 1.88. The van der Waals surface area contributed by atoms with Crippen LogP contribution in [0.2, 0.25) is 10.0 Å². The summed E-state index contributed by atoms with van der Waals surface area (Å²) in [6, 6.07) is 6.58. The maximum absolute atomic E-state index is 11.8. The van der Waals surface area contributed by atoms with Gasteiger partial charge in [-0.2, -0.15) is 0 Å². The number of benzene rings is 1. The lowest BCUT2D eigenvalue weighted by Gasteiger charge is -2.14. The van der Waals surface area contributed by atoms with Crippen LogP contribution in [0.15, 0.2) is 35.3 Å². The van der Waals surface area contributed by atoms with Crippen LogP contribution >= 0.6 is 23.2 Å². The summed E-state index contributed by atoms with van der Waals surface area (Å²) in [6.45, 7) is 3.64. The van der Waals surface area contributed by atoms with Crippen LogP contribution in [-0.4, -0.2) is 4.57 Å². The number of rotatable bonds is 2. The van der Waals surface area contributed by atoms with E-state index >= 15 is 0 Å². The molecule has 0 spiro atoms. The lowest BCUT2D eigenvalue weighted by molar-refractivity contribution is 0.786. The first-order chi connectivity index (χ1) is 8.90. The summed E-state index contributed by atoms with van der Waals surface area (Å²) >= 11 is 11.9. The molecule has 0 aliphatic heterocycles. The predicted octanol–water partition coefficient (Wildman–Crippen LogP) is 3.47. The van der Waals surface area contributed by atoms with Crippen LogP contribution in [0.4, 0.5) is 0 Å². The van der Waals surface area contributed by atoms with E-state index in [1.165, 1.54) is 0 Å². The van der Waals surface area contributed by atoms with Crippen LogP contribution in [0.25, 0.3) is 5.69 Å². The van der Waals surface area contributed by atoms with Gasteiger partial charge in [0.15, 0.2) is 5.43 Å². The molecule has 0 radical (unpaired) electrons. The van der Waals surface area contributed by atoms with Gasteiger partial charge in [0.1, 0.15) is 0 Å². The van der Waals surface area contributed by atoms with Crippen molar-refractivity contribution in [3.8, 4) is 5.69 Å². The number of halogens is 2. The van der Waals surface area contributed by atoms with E-state index in [0.717, 1.165) is 11.4 Å². The molecule has 1 atom stereocenters. The first-order valence-electron chi connectivity index (χ1n) is 5.84. The van der Waals surface area contributed by atoms with E-state index in [2.05, 4.69) is 0 Å². The van der Waals surface area contributed by atoms with E-state index in [1.54, 1.807) is 31.3 Å². The largest absolute Gasteiger partial charge is 0.324 e. The molecule has 5 heteroatoms. The van der Waals surface area contributed by atoms with Gasteiger partial charge in [0.2, 0.25) is 0 Å². The van der Waals surface area contributed by atoms with E-state index in [4.69, 9.17) is 28.9 Å². The van der Waals surface area contributed by atoms with E-state index in [0.29, 0.717) is 15.6 Å². The molecule has 1 unspecified atom stereocenters. The van der Waals surface area contributed by atoms with Gasteiger partial charge in [-0.25, -0.2) is 0 Å². The molecule has 19 heavy (non-hydrogen) atoms. The molecule has 0 fully saturated rings. The molecule has 0 aliphatic carbocycles. The van der Waals surface area contributed by atoms with Crippen molar-refractivity contribution in [2.24, 2.45) is 5.73 Å². The fourth-order valence-corrected chi connectivity index (χ4v) is 2.19. The van der Waals surface area contributed by atoms with Gasteiger partial charge in [-0.1, -0.05) is 23.2 Å². The molecule has 0 saturated carbocycles. The Bertz CT molecular complexity index is 678. The highest BCUT2D eigenvalue weighted by Gasteiger charge is 2.09. The average Bonchev–Trinajstić information content (AvgIpc) is 2.32. The van der Waals surface area contributed by atoms with E-state index in [1.807, 2.05) is 17.6 Å². The Labute approximate surface area is 121 Å². The molecule has 0 bridgehead atoms. The van der Waals surface area contributed by atoms with Gasteiger partial charge in [0, 0.05) is 35.2 Å². The quantitative estimate of drug-likeness (QED) is 0.922. The van der Waals surface area contributed by atoms with Gasteiger partial charge in [0.05, 0.1) is 10.0 Å². The zero-order chi connectivity index (χ0) is 14.2. The maximum atomic E-state index is 11.8. The molecule has 100 valence electrons. The minimum Gasteiger partial charge on any atom is -0.324 e. The first kappa shape index (κ1) is 14.1. The van der Waals surface area contributed by atoms with E-state index in [9.17, 15) is 4.79 Å². The summed E-state index contributed by atoms with van der Waals surface area (Å²) in [5, 5.41) is 0.969. The molecular formula is C14H14Cl2N2O. The fraction of sp³-hybridized carbons (Fsp3) is 0.214. The lowest BCUT2D eigenvalue weighted by Crippen LogP contribution is -2.20. The van der Waals surface area contributed by atoms with Crippen molar-refractivity contribution in [3.63, 3.8) is 0 Å². The van der Waals surface area contributed by atoms with Crippen molar-refractivity contribution in [1.29, 1.82) is 0 Å². The summed E-state index contributed by atoms with van der Waals surface area (Å²) in [7, 11) is 0. The Morgan fingerprint density at radius 3 is 2.47 bits per heavy atom. The monoisotopic (exact) mass is 296 g/mol. The Hall–Kier alpha value is -1.29. The maximum Gasteiger partial charge on any atom is 0.186 e. The van der Waals surface area contributed by atoms with E-state index < -0.39 is 0 Å².